The van der Waals surface area contributed by atoms with Crippen LogP contribution in [0.1, 0.15) is 26.2 Å². The normalized spacial score (nSPS) is 18.6. The van der Waals surface area contributed by atoms with Crippen molar-refractivity contribution < 1.29 is 19.4 Å². The Balaban J connectivity index is 2.34. The molecule has 0 aliphatic heterocycles. The summed E-state index contributed by atoms with van der Waals surface area (Å²) in [7, 11) is 0. The fourth-order valence-electron chi connectivity index (χ4n) is 1.26. The van der Waals surface area contributed by atoms with Gasteiger partial charge in [-0.1, -0.05) is 6.08 Å². The first kappa shape index (κ1) is 12.7. The van der Waals surface area contributed by atoms with Gasteiger partial charge in [0.15, 0.2) is 0 Å². The molecule has 90 valence electrons. The fourth-order valence-corrected chi connectivity index (χ4v) is 1.26. The Hall–Kier alpha value is -1.36. The summed E-state index contributed by atoms with van der Waals surface area (Å²) in [6.07, 6.45) is 2.73. The molecule has 1 rings (SSSR count). The van der Waals surface area contributed by atoms with E-state index in [0.29, 0.717) is 25.9 Å². The molecule has 0 saturated heterocycles. The fraction of sp³-hybridized carbons (Fsp3) is 0.636. The second-order valence-corrected chi connectivity index (χ2v) is 3.97. The van der Waals surface area contributed by atoms with E-state index in [2.05, 4.69) is 11.9 Å². The summed E-state index contributed by atoms with van der Waals surface area (Å²) in [5, 5.41) is 11.4. The maximum absolute atomic E-state index is 11.6. The standard InChI is InChI=1S/C11H17NO4/c1-3-4-7-16-8(2)9(13)12-11(5-6-11)10(14)15/h3,8H,1,4-7H2,2H3,(H,12,13)(H,14,15). The van der Waals surface area contributed by atoms with Crippen molar-refractivity contribution in [3.8, 4) is 0 Å². The third kappa shape index (κ3) is 3.06. The van der Waals surface area contributed by atoms with E-state index >= 15 is 0 Å². The van der Waals surface area contributed by atoms with Crippen LogP contribution < -0.4 is 5.32 Å². The van der Waals surface area contributed by atoms with E-state index in [0.717, 1.165) is 0 Å². The van der Waals surface area contributed by atoms with Gasteiger partial charge in [0.05, 0.1) is 6.61 Å². The average molecular weight is 227 g/mol. The lowest BCUT2D eigenvalue weighted by molar-refractivity contribution is -0.145. The molecule has 1 unspecified atom stereocenters. The molecule has 0 heterocycles. The zero-order chi connectivity index (χ0) is 12.2. The number of hydrogen-bond donors (Lipinski definition) is 2. The summed E-state index contributed by atoms with van der Waals surface area (Å²) < 4.78 is 5.22. The van der Waals surface area contributed by atoms with Gasteiger partial charge in [-0.2, -0.15) is 0 Å². The third-order valence-electron chi connectivity index (χ3n) is 2.58. The van der Waals surface area contributed by atoms with Crippen LogP contribution in [0.3, 0.4) is 0 Å². The first-order valence-corrected chi connectivity index (χ1v) is 5.30. The lowest BCUT2D eigenvalue weighted by atomic mass is 10.2. The van der Waals surface area contributed by atoms with Crippen LogP contribution >= 0.6 is 0 Å². The molecule has 16 heavy (non-hydrogen) atoms. The number of rotatable bonds is 7. The number of amides is 1. The highest BCUT2D eigenvalue weighted by atomic mass is 16.5. The molecule has 5 heteroatoms. The van der Waals surface area contributed by atoms with Crippen LogP contribution in [0.5, 0.6) is 0 Å². The zero-order valence-corrected chi connectivity index (χ0v) is 9.36. The Morgan fingerprint density at radius 2 is 2.25 bits per heavy atom. The van der Waals surface area contributed by atoms with Gasteiger partial charge >= 0.3 is 5.97 Å². The second kappa shape index (κ2) is 5.12. The largest absolute Gasteiger partial charge is 0.480 e. The van der Waals surface area contributed by atoms with Crippen LogP contribution in [-0.2, 0) is 14.3 Å². The molecule has 1 atom stereocenters. The van der Waals surface area contributed by atoms with Crippen LogP contribution in [0, 0.1) is 0 Å². The second-order valence-electron chi connectivity index (χ2n) is 3.97. The molecule has 0 aromatic carbocycles. The number of hydrogen-bond acceptors (Lipinski definition) is 3. The topological polar surface area (TPSA) is 75.6 Å². The highest BCUT2D eigenvalue weighted by Gasteiger charge is 2.52. The molecule has 1 amide bonds. The number of carbonyl (C=O) groups excluding carboxylic acids is 1. The molecule has 1 fully saturated rings. The van der Waals surface area contributed by atoms with E-state index in [1.54, 1.807) is 13.0 Å². The van der Waals surface area contributed by atoms with E-state index < -0.39 is 17.6 Å². The molecular weight excluding hydrogens is 210 g/mol. The monoisotopic (exact) mass is 227 g/mol. The van der Waals surface area contributed by atoms with Crippen LogP contribution in [0.4, 0.5) is 0 Å². The van der Waals surface area contributed by atoms with Gasteiger partial charge in [-0.15, -0.1) is 6.58 Å². The van der Waals surface area contributed by atoms with Crippen LogP contribution in [-0.4, -0.2) is 35.2 Å². The van der Waals surface area contributed by atoms with Gasteiger partial charge in [-0.25, -0.2) is 4.79 Å². The molecule has 1 saturated carbocycles. The highest BCUT2D eigenvalue weighted by Crippen LogP contribution is 2.35. The summed E-state index contributed by atoms with van der Waals surface area (Å²) in [5.41, 5.74) is -1.03. The summed E-state index contributed by atoms with van der Waals surface area (Å²) in [5.74, 6) is -1.34. The van der Waals surface area contributed by atoms with Gasteiger partial charge in [-0.05, 0) is 26.2 Å². The quantitative estimate of drug-likeness (QED) is 0.496. The van der Waals surface area contributed by atoms with Crippen LogP contribution in [0.2, 0.25) is 0 Å². The summed E-state index contributed by atoms with van der Waals surface area (Å²) in [6, 6.07) is 0. The number of carboxylic acid groups (broad SMARTS) is 1. The molecule has 1 aliphatic rings. The maximum atomic E-state index is 11.6. The number of ether oxygens (including phenoxy) is 1. The number of aliphatic carboxylic acids is 1. The lowest BCUT2D eigenvalue weighted by Gasteiger charge is -2.17. The molecule has 5 nitrogen and oxygen atoms in total. The maximum Gasteiger partial charge on any atom is 0.329 e. The van der Waals surface area contributed by atoms with Crippen molar-refractivity contribution in [2.75, 3.05) is 6.61 Å². The summed E-state index contributed by atoms with van der Waals surface area (Å²) >= 11 is 0. The first-order chi connectivity index (χ1) is 7.52. The summed E-state index contributed by atoms with van der Waals surface area (Å²) in [4.78, 5) is 22.4. The first-order valence-electron chi connectivity index (χ1n) is 5.30. The minimum Gasteiger partial charge on any atom is -0.480 e. The minimum atomic E-state index is -1.03. The molecule has 2 N–H and O–H groups in total. The van der Waals surface area contributed by atoms with Gasteiger partial charge in [0.25, 0.3) is 0 Å². The minimum absolute atomic E-state index is 0.371. The summed E-state index contributed by atoms with van der Waals surface area (Å²) in [6.45, 7) is 5.56. The molecule has 0 radical (unpaired) electrons. The zero-order valence-electron chi connectivity index (χ0n) is 9.36. The number of nitrogens with one attached hydrogen (secondary N) is 1. The van der Waals surface area contributed by atoms with Crippen molar-refractivity contribution in [2.24, 2.45) is 0 Å². The van der Waals surface area contributed by atoms with Gasteiger partial charge in [0.1, 0.15) is 11.6 Å². The highest BCUT2D eigenvalue weighted by molar-refractivity contribution is 5.91. The van der Waals surface area contributed by atoms with Crippen molar-refractivity contribution in [2.45, 2.75) is 37.8 Å². The smallest absolute Gasteiger partial charge is 0.329 e. The van der Waals surface area contributed by atoms with E-state index in [1.165, 1.54) is 0 Å². The van der Waals surface area contributed by atoms with E-state index in [4.69, 9.17) is 9.84 Å². The van der Waals surface area contributed by atoms with Crippen molar-refractivity contribution in [1.82, 2.24) is 5.32 Å². The molecule has 0 bridgehead atoms. The lowest BCUT2D eigenvalue weighted by Crippen LogP contribution is -2.47. The van der Waals surface area contributed by atoms with Crippen molar-refractivity contribution in [3.63, 3.8) is 0 Å². The van der Waals surface area contributed by atoms with Crippen molar-refractivity contribution in [1.29, 1.82) is 0 Å². The van der Waals surface area contributed by atoms with E-state index in [9.17, 15) is 9.59 Å². The molecule has 1 aliphatic carbocycles. The van der Waals surface area contributed by atoms with Gasteiger partial charge in [0.2, 0.25) is 5.91 Å². The predicted molar refractivity (Wildman–Crippen MR) is 58.0 cm³/mol. The molecule has 0 spiro atoms. The number of carbonyl (C=O) groups is 2. The Morgan fingerprint density at radius 3 is 2.69 bits per heavy atom. The number of carboxylic acids is 1. The Bertz CT molecular complexity index is 296. The SMILES string of the molecule is C=CCCOC(C)C(=O)NC1(C(=O)O)CC1. The Morgan fingerprint density at radius 1 is 1.62 bits per heavy atom. The van der Waals surface area contributed by atoms with E-state index in [1.807, 2.05) is 0 Å². The van der Waals surface area contributed by atoms with Crippen molar-refractivity contribution >= 4 is 11.9 Å². The van der Waals surface area contributed by atoms with Gasteiger partial charge < -0.3 is 15.2 Å². The molecule has 0 aromatic rings. The Labute approximate surface area is 94.5 Å². The van der Waals surface area contributed by atoms with Gasteiger partial charge in [-0.3, -0.25) is 4.79 Å². The van der Waals surface area contributed by atoms with Crippen LogP contribution in [0.25, 0.3) is 0 Å². The average Bonchev–Trinajstić information content (AvgIpc) is 2.99. The molecule has 0 aromatic heterocycles. The van der Waals surface area contributed by atoms with Crippen LogP contribution in [0.15, 0.2) is 12.7 Å². The van der Waals surface area contributed by atoms with Gasteiger partial charge in [0, 0.05) is 0 Å². The third-order valence-corrected chi connectivity index (χ3v) is 2.58. The molecular formula is C11H17NO4. The predicted octanol–water partition coefficient (Wildman–Crippen LogP) is 0.701. The van der Waals surface area contributed by atoms with E-state index in [-0.39, 0.29) is 5.91 Å². The van der Waals surface area contributed by atoms with Crippen molar-refractivity contribution in [3.05, 3.63) is 12.7 Å². The Kier molecular flexibility index (Phi) is 4.06.